The van der Waals surface area contributed by atoms with Gasteiger partial charge in [-0.25, -0.2) is 19.0 Å². The highest BCUT2D eigenvalue weighted by atomic mass is 19.4. The first-order valence-electron chi connectivity index (χ1n) is 17.0. The lowest BCUT2D eigenvalue weighted by Gasteiger charge is -2.30. The van der Waals surface area contributed by atoms with Gasteiger partial charge in [0.25, 0.3) is 5.91 Å². The van der Waals surface area contributed by atoms with Crippen LogP contribution in [0.4, 0.5) is 28.0 Å². The number of esters is 1. The Morgan fingerprint density at radius 3 is 2.64 bits per heavy atom. The lowest BCUT2D eigenvalue weighted by molar-refractivity contribution is -0.274. The van der Waals surface area contributed by atoms with Crippen molar-refractivity contribution in [3.05, 3.63) is 78.1 Å². The Hall–Kier alpha value is -5.19. The van der Waals surface area contributed by atoms with E-state index in [9.17, 15) is 41.8 Å². The van der Waals surface area contributed by atoms with Gasteiger partial charge in [-0.2, -0.15) is 0 Å². The normalized spacial score (nSPS) is 26.6. The standard InChI is InChI=1S/C36H42F4N4O9/c1-21-6-4-14-41-30(46)13-8-22(2)32(23(3)19-51-35(49)42-25-9-11-27(12-10-25)53-36(38,39)40)52-34(48)29-7-5-15-44(29)33(47)28-20-50-31(43-28)18-24(37)17-26(45)16-21/h4,6,8-13,16,20,22-24,26,29,32,45H,5,7,14-15,17-19H2,1-3H3,(H,41,46)(H,42,49)/b6-4+,13-8+,21-16+. The second-order valence-corrected chi connectivity index (χ2v) is 12.8. The van der Waals surface area contributed by atoms with Crippen LogP contribution in [0.15, 0.2) is 70.9 Å². The fraction of sp³-hybridized carbons (Fsp3) is 0.472. The molecule has 6 atom stereocenters. The summed E-state index contributed by atoms with van der Waals surface area (Å²) in [5, 5.41) is 15.4. The molecule has 2 aliphatic heterocycles. The molecular weight excluding hydrogens is 708 g/mol. The Morgan fingerprint density at radius 1 is 1.19 bits per heavy atom. The predicted molar refractivity (Wildman–Crippen MR) is 181 cm³/mol. The number of cyclic esters (lactones) is 1. The zero-order valence-electron chi connectivity index (χ0n) is 29.3. The molecule has 1 aromatic carbocycles. The Kier molecular flexibility index (Phi) is 14.2. The topological polar surface area (TPSA) is 170 Å². The minimum atomic E-state index is -4.88. The van der Waals surface area contributed by atoms with E-state index >= 15 is 0 Å². The van der Waals surface area contributed by atoms with Gasteiger partial charge in [-0.1, -0.05) is 43.7 Å². The maximum Gasteiger partial charge on any atom is 0.573 e. The molecule has 1 aromatic heterocycles. The number of aromatic nitrogens is 1. The van der Waals surface area contributed by atoms with E-state index in [1.807, 2.05) is 0 Å². The summed E-state index contributed by atoms with van der Waals surface area (Å²) in [4.78, 5) is 57.7. The number of fused-ring (bicyclic) bond motifs is 3. The van der Waals surface area contributed by atoms with Gasteiger partial charge in [0, 0.05) is 37.0 Å². The Morgan fingerprint density at radius 2 is 1.92 bits per heavy atom. The second kappa shape index (κ2) is 18.5. The number of amides is 3. The second-order valence-electron chi connectivity index (χ2n) is 12.8. The summed E-state index contributed by atoms with van der Waals surface area (Å²) in [6.45, 7) is 5.12. The first kappa shape index (κ1) is 40.6. The quantitative estimate of drug-likeness (QED) is 0.265. The van der Waals surface area contributed by atoms with Crippen LogP contribution in [-0.2, 0) is 25.5 Å². The van der Waals surface area contributed by atoms with Gasteiger partial charge >= 0.3 is 18.4 Å². The fourth-order valence-electron chi connectivity index (χ4n) is 5.83. The van der Waals surface area contributed by atoms with Crippen molar-refractivity contribution in [3.8, 4) is 5.75 Å². The van der Waals surface area contributed by atoms with E-state index in [2.05, 4.69) is 20.4 Å². The zero-order valence-corrected chi connectivity index (χ0v) is 29.3. The van der Waals surface area contributed by atoms with Crippen LogP contribution in [0.5, 0.6) is 5.75 Å². The number of halogens is 4. The minimum Gasteiger partial charge on any atom is -0.460 e. The molecule has 0 radical (unpaired) electrons. The molecule has 2 aromatic rings. The summed E-state index contributed by atoms with van der Waals surface area (Å²) in [5.41, 5.74) is 0.637. The number of oxazole rings is 1. The molecule has 53 heavy (non-hydrogen) atoms. The summed E-state index contributed by atoms with van der Waals surface area (Å²) < 4.78 is 72.7. The van der Waals surface area contributed by atoms with Crippen LogP contribution in [0.2, 0.25) is 0 Å². The van der Waals surface area contributed by atoms with E-state index in [-0.39, 0.29) is 56.2 Å². The number of rotatable bonds is 5. The van der Waals surface area contributed by atoms with Gasteiger partial charge in [-0.15, -0.1) is 13.2 Å². The summed E-state index contributed by atoms with van der Waals surface area (Å²) in [6, 6.07) is 3.41. The number of nitrogens with one attached hydrogen (secondary N) is 2. The number of alkyl halides is 4. The lowest BCUT2D eigenvalue weighted by atomic mass is 9.93. The first-order valence-corrected chi connectivity index (χ1v) is 17.0. The number of allylic oxidation sites excluding steroid dienone is 2. The van der Waals surface area contributed by atoms with Gasteiger partial charge in [0.1, 0.15) is 30.3 Å². The van der Waals surface area contributed by atoms with Crippen molar-refractivity contribution in [2.75, 3.05) is 25.0 Å². The molecule has 3 N–H and O–H groups in total. The summed E-state index contributed by atoms with van der Waals surface area (Å²) in [6.07, 6.45) is -0.551. The largest absolute Gasteiger partial charge is 0.573 e. The van der Waals surface area contributed by atoms with Gasteiger partial charge < -0.3 is 34.0 Å². The highest BCUT2D eigenvalue weighted by molar-refractivity contribution is 5.95. The smallest absolute Gasteiger partial charge is 0.460 e. The van der Waals surface area contributed by atoms with Crippen molar-refractivity contribution >= 4 is 29.6 Å². The summed E-state index contributed by atoms with van der Waals surface area (Å²) in [7, 11) is 0. The average Bonchev–Trinajstić information content (AvgIpc) is 3.77. The van der Waals surface area contributed by atoms with E-state index < -0.39 is 72.2 Å². The zero-order chi connectivity index (χ0) is 38.7. The number of hydrogen-bond acceptors (Lipinski definition) is 10. The fourth-order valence-corrected chi connectivity index (χ4v) is 5.83. The highest BCUT2D eigenvalue weighted by Crippen LogP contribution is 2.27. The Balaban J connectivity index is 1.50. The molecule has 0 saturated carbocycles. The average molecular weight is 751 g/mol. The maximum absolute atomic E-state index is 14.8. The lowest BCUT2D eigenvalue weighted by Crippen LogP contribution is -2.44. The molecule has 17 heteroatoms. The number of nitrogens with zero attached hydrogens (tertiary/aromatic N) is 2. The molecule has 4 rings (SSSR count). The number of carbonyl (C=O) groups excluding carboxylic acids is 4. The molecule has 0 spiro atoms. The SMILES string of the molecule is CC1=C\C(O)CC(F)Cc2nc(co2)C(=O)N2CCCC2C(=O)OC(C(C)COC(=O)Nc2ccc(OC(F)(F)F)cc2)C(C)/C=C/C(=O)NC\C=C\1. The van der Waals surface area contributed by atoms with Crippen molar-refractivity contribution in [1.82, 2.24) is 15.2 Å². The van der Waals surface area contributed by atoms with Crippen LogP contribution < -0.4 is 15.4 Å². The van der Waals surface area contributed by atoms with Crippen molar-refractivity contribution in [2.24, 2.45) is 11.8 Å². The van der Waals surface area contributed by atoms with E-state index in [0.29, 0.717) is 12.0 Å². The Bertz CT molecular complexity index is 1680. The molecule has 1 saturated heterocycles. The molecular formula is C36H42F4N4O9. The molecule has 0 aliphatic carbocycles. The van der Waals surface area contributed by atoms with Crippen LogP contribution >= 0.6 is 0 Å². The van der Waals surface area contributed by atoms with E-state index in [1.54, 1.807) is 32.9 Å². The van der Waals surface area contributed by atoms with Crippen molar-refractivity contribution in [1.29, 1.82) is 0 Å². The molecule has 1 fully saturated rings. The third-order valence-corrected chi connectivity index (χ3v) is 8.37. The molecule has 3 amide bonds. The number of anilines is 1. The van der Waals surface area contributed by atoms with Crippen LogP contribution in [0.1, 0.15) is 56.4 Å². The molecule has 3 heterocycles. The highest BCUT2D eigenvalue weighted by Gasteiger charge is 2.39. The number of aliphatic hydroxyl groups excluding tert-OH is 1. The Labute approximate surface area is 303 Å². The van der Waals surface area contributed by atoms with E-state index in [4.69, 9.17) is 13.9 Å². The molecule has 6 unspecified atom stereocenters. The van der Waals surface area contributed by atoms with E-state index in [0.717, 1.165) is 18.4 Å². The van der Waals surface area contributed by atoms with Gasteiger partial charge in [0.05, 0.1) is 19.1 Å². The van der Waals surface area contributed by atoms with Crippen LogP contribution in [0, 0.1) is 11.8 Å². The number of benzene rings is 1. The maximum atomic E-state index is 14.8. The van der Waals surface area contributed by atoms with E-state index in [1.165, 1.54) is 35.3 Å². The van der Waals surface area contributed by atoms with Gasteiger partial charge in [-0.3, -0.25) is 14.9 Å². The minimum absolute atomic E-state index is 0.0490. The van der Waals surface area contributed by atoms with Crippen LogP contribution in [-0.4, -0.2) is 89.3 Å². The van der Waals surface area contributed by atoms with Gasteiger partial charge in [-0.05, 0) is 50.1 Å². The van der Waals surface area contributed by atoms with Crippen molar-refractivity contribution < 1.29 is 60.5 Å². The summed E-state index contributed by atoms with van der Waals surface area (Å²) in [5.74, 6) is -3.60. The summed E-state index contributed by atoms with van der Waals surface area (Å²) >= 11 is 0. The number of carbonyl (C=O) groups is 4. The van der Waals surface area contributed by atoms with Crippen LogP contribution in [0.25, 0.3) is 0 Å². The molecule has 2 aliphatic rings. The van der Waals surface area contributed by atoms with Crippen LogP contribution in [0.3, 0.4) is 0 Å². The predicted octanol–water partition coefficient (Wildman–Crippen LogP) is 5.43. The van der Waals surface area contributed by atoms with Crippen molar-refractivity contribution in [2.45, 2.75) is 77.2 Å². The molecule has 2 bridgehead atoms. The molecule has 288 valence electrons. The third kappa shape index (κ3) is 12.8. The number of aliphatic hydroxyl groups is 1. The molecule has 13 nitrogen and oxygen atoms in total. The third-order valence-electron chi connectivity index (χ3n) is 8.37. The van der Waals surface area contributed by atoms with Gasteiger partial charge in [0.15, 0.2) is 11.6 Å². The van der Waals surface area contributed by atoms with Gasteiger partial charge in [0.2, 0.25) is 5.91 Å². The number of hydrogen-bond donors (Lipinski definition) is 3. The first-order chi connectivity index (χ1) is 25.1. The van der Waals surface area contributed by atoms with Crippen molar-refractivity contribution in [3.63, 3.8) is 0 Å². The monoisotopic (exact) mass is 750 g/mol. The number of ether oxygens (including phenoxy) is 3.